The predicted octanol–water partition coefficient (Wildman–Crippen LogP) is 5.08. The van der Waals surface area contributed by atoms with Gasteiger partial charge in [0.2, 0.25) is 0 Å². The molecule has 10 radical (unpaired) electrons. The van der Waals surface area contributed by atoms with Gasteiger partial charge in [-0.3, -0.25) is 4.67 Å². The van der Waals surface area contributed by atoms with Gasteiger partial charge in [-0.2, -0.15) is 0 Å². The van der Waals surface area contributed by atoms with E-state index >= 15 is 0 Å². The fraction of sp³-hybridized carbons (Fsp3) is 0.0714. The van der Waals surface area contributed by atoms with E-state index in [9.17, 15) is 0 Å². The van der Waals surface area contributed by atoms with Gasteiger partial charge in [0.05, 0.1) is 0 Å². The maximum Gasteiger partial charge on any atom is 2.00 e. The molecule has 8 heteroatoms. The van der Waals surface area contributed by atoms with Crippen molar-refractivity contribution in [1.29, 1.82) is 0 Å². The molecule has 2 saturated carbocycles. The Kier molecular flexibility index (Phi) is 26.8. The van der Waals surface area contributed by atoms with Crippen LogP contribution in [0.15, 0.2) is 212 Å². The van der Waals surface area contributed by atoms with Gasteiger partial charge in [0, 0.05) is 32.2 Å². The summed E-state index contributed by atoms with van der Waals surface area (Å²) in [7, 11) is -1.74. The van der Waals surface area contributed by atoms with E-state index in [-0.39, 0.29) is 67.4 Å². The van der Waals surface area contributed by atoms with E-state index < -0.39 is 23.9 Å². The zero-order chi connectivity index (χ0) is 41.2. The van der Waals surface area contributed by atoms with Crippen molar-refractivity contribution in [1.82, 2.24) is 4.67 Å². The molecule has 0 aliphatic heterocycles. The van der Waals surface area contributed by atoms with E-state index in [4.69, 9.17) is 0 Å². The standard InChI is InChI=1S/C33H32NP2.C18H15P.C5H5.2ClH.Fe.Ru/c1-3-34(36(30-21-12-6-13-22-30)31-23-14-7-15-24-31)27(2)32-25-16-26-33(32)35(28-17-8-4-9-18-28)29-19-10-5-11-20-29;1-4-10-16(11-5-1)19(17-12-6-2-7-13-17)18-14-8-3-9-15-18;1-2-4-5-3-1;;;;/h4-27H,3H2,1-2H3;1-15H;1-5H;2*1H;;/q;;;;;2*+2/p-2/t27-;;;;;;/m1....../s1. The first-order chi connectivity index (χ1) is 29.7. The second-order valence-electron chi connectivity index (χ2n) is 14.1. The molecule has 7 aromatic carbocycles. The molecule has 2 aliphatic carbocycles. The molecule has 1 nitrogen and oxygen atoms in total. The summed E-state index contributed by atoms with van der Waals surface area (Å²) in [4.78, 5) is 0. The molecular formula is C56H52Cl2FeNP3Ru+2. The molecule has 64 heavy (non-hydrogen) atoms. The Morgan fingerprint density at radius 2 is 0.641 bits per heavy atom. The zero-order valence-corrected chi connectivity index (χ0v) is 42.9. The predicted molar refractivity (Wildman–Crippen MR) is 266 cm³/mol. The molecule has 0 bridgehead atoms. The maximum absolute atomic E-state index is 2.71. The van der Waals surface area contributed by atoms with E-state index in [1.54, 1.807) is 0 Å². The monoisotopic (exact) mass is 1060 g/mol. The van der Waals surface area contributed by atoms with Crippen LogP contribution >= 0.6 is 23.9 Å². The average Bonchev–Trinajstić information content (AvgIpc) is 4.08. The van der Waals surface area contributed by atoms with Crippen LogP contribution in [-0.4, -0.2) is 17.3 Å². The van der Waals surface area contributed by atoms with Crippen LogP contribution in [0.1, 0.15) is 13.8 Å². The van der Waals surface area contributed by atoms with Crippen LogP contribution in [0.4, 0.5) is 0 Å². The van der Waals surface area contributed by atoms with Crippen molar-refractivity contribution in [2.75, 3.05) is 6.54 Å². The van der Waals surface area contributed by atoms with Gasteiger partial charge in [-0.1, -0.05) is 219 Å². The molecule has 1 atom stereocenters. The van der Waals surface area contributed by atoms with Crippen molar-refractivity contribution < 1.29 is 61.4 Å². The van der Waals surface area contributed by atoms with Gasteiger partial charge in [0.25, 0.3) is 0 Å². The van der Waals surface area contributed by atoms with Gasteiger partial charge in [-0.15, -0.1) is 0 Å². The zero-order valence-electron chi connectivity index (χ0n) is 35.9. The van der Waals surface area contributed by atoms with Crippen LogP contribution in [0.2, 0.25) is 0 Å². The molecule has 9 rings (SSSR count). The van der Waals surface area contributed by atoms with Crippen molar-refractivity contribution in [2.45, 2.75) is 19.9 Å². The van der Waals surface area contributed by atoms with Crippen LogP contribution < -0.4 is 61.9 Å². The van der Waals surface area contributed by atoms with Gasteiger partial charge >= 0.3 is 36.5 Å². The molecule has 0 amide bonds. The van der Waals surface area contributed by atoms with Crippen LogP contribution in [-0.2, 0) is 36.5 Å². The molecule has 2 fully saturated rings. The van der Waals surface area contributed by atoms with Crippen molar-refractivity contribution >= 4 is 61.0 Å². The fourth-order valence-electron chi connectivity index (χ4n) is 7.40. The summed E-state index contributed by atoms with van der Waals surface area (Å²) in [6, 6.07) is 76.8. The first kappa shape index (κ1) is 55.8. The quantitative estimate of drug-likeness (QED) is 0.122. The minimum atomic E-state index is -0.658. The molecule has 0 spiro atoms. The van der Waals surface area contributed by atoms with E-state index in [2.05, 4.69) is 250 Å². The summed E-state index contributed by atoms with van der Waals surface area (Å²) in [6.07, 6.45) is 17.0. The Balaban J connectivity index is 0.000000327. The third kappa shape index (κ3) is 15.5. The Bertz CT molecular complexity index is 2030. The van der Waals surface area contributed by atoms with E-state index in [1.165, 1.54) is 48.7 Å². The topological polar surface area (TPSA) is 3.24 Å². The number of halogens is 2. The molecule has 0 aromatic heterocycles. The van der Waals surface area contributed by atoms with Crippen LogP contribution in [0.3, 0.4) is 0 Å². The molecule has 0 heterocycles. The summed E-state index contributed by atoms with van der Waals surface area (Å²) in [6.45, 7) is 5.68. The largest absolute Gasteiger partial charge is 2.00 e. The third-order valence-corrected chi connectivity index (χ3v) is 17.9. The Morgan fingerprint density at radius 1 is 0.375 bits per heavy atom. The van der Waals surface area contributed by atoms with E-state index in [0.29, 0.717) is 0 Å². The number of hydrogen-bond donors (Lipinski definition) is 0. The van der Waals surface area contributed by atoms with E-state index in [0.717, 1.165) is 6.54 Å². The number of nitrogens with zero attached hydrogens (tertiary/aromatic N) is 1. The smallest absolute Gasteiger partial charge is 1.00 e. The maximum atomic E-state index is 2.71. The minimum Gasteiger partial charge on any atom is -1.00 e. The van der Waals surface area contributed by atoms with Crippen molar-refractivity contribution in [3.05, 3.63) is 275 Å². The molecule has 2 aliphatic rings. The third-order valence-electron chi connectivity index (χ3n) is 10.2. The van der Waals surface area contributed by atoms with Crippen molar-refractivity contribution in [3.63, 3.8) is 0 Å². The molecule has 7 aromatic rings. The number of rotatable bonds is 12. The SMILES string of the molecule is CCN([C@H](C)[C]1[CH][CH][CH][C]1P(c1ccccc1)c1ccccc1)P(c1ccccc1)c1ccccc1.[CH]1[CH][CH][CH][CH]1.[Cl-].[Cl-].[Fe+2].[Ru+2].c1ccc(P(c2ccccc2)c2ccccc2)cc1. The summed E-state index contributed by atoms with van der Waals surface area (Å²) < 4.78 is 2.71. The first-order valence-corrected chi connectivity index (χ1v) is 24.6. The Labute approximate surface area is 425 Å². The first-order valence-electron chi connectivity index (χ1n) is 20.7. The molecule has 0 unspecified atom stereocenters. The van der Waals surface area contributed by atoms with Gasteiger partial charge < -0.3 is 24.8 Å². The van der Waals surface area contributed by atoms with Crippen LogP contribution in [0, 0.1) is 62.9 Å². The fourth-order valence-corrected chi connectivity index (χ4v) is 14.8. The average molecular weight is 1060 g/mol. The van der Waals surface area contributed by atoms with Gasteiger partial charge in [0.15, 0.2) is 0 Å². The number of hydrogen-bond acceptors (Lipinski definition) is 1. The van der Waals surface area contributed by atoms with Crippen LogP contribution in [0.5, 0.6) is 0 Å². The second kappa shape index (κ2) is 30.7. The molecule has 324 valence electrons. The molecular weight excluding hydrogens is 1010 g/mol. The summed E-state index contributed by atoms with van der Waals surface area (Å²) in [5, 5.41) is 9.78. The van der Waals surface area contributed by atoms with Crippen molar-refractivity contribution in [3.8, 4) is 0 Å². The molecule has 0 saturated heterocycles. The summed E-state index contributed by atoms with van der Waals surface area (Å²) in [5.41, 5.74) is 1.46. The Morgan fingerprint density at radius 3 is 0.922 bits per heavy atom. The normalized spacial score (nSPS) is 13.8. The van der Waals surface area contributed by atoms with Gasteiger partial charge in [-0.25, -0.2) is 0 Å². The Hall–Kier alpha value is -2.49. The summed E-state index contributed by atoms with van der Waals surface area (Å²) in [5.74, 6) is 1.44. The second-order valence-corrected chi connectivity index (χ2v) is 20.7. The van der Waals surface area contributed by atoms with Gasteiger partial charge in [-0.05, 0) is 111 Å². The van der Waals surface area contributed by atoms with E-state index in [1.807, 2.05) is 32.1 Å². The van der Waals surface area contributed by atoms with Gasteiger partial charge in [0.1, 0.15) is 0 Å². The van der Waals surface area contributed by atoms with Crippen molar-refractivity contribution in [2.24, 2.45) is 0 Å². The van der Waals surface area contributed by atoms with Crippen LogP contribution in [0.25, 0.3) is 0 Å². The number of benzene rings is 7. The summed E-state index contributed by atoms with van der Waals surface area (Å²) >= 11 is 0. The molecule has 0 N–H and O–H groups in total. The minimum absolute atomic E-state index is 0.